The Labute approximate surface area is 215 Å². The number of benzene rings is 2. The zero-order valence-corrected chi connectivity index (χ0v) is 20.0. The second-order valence-corrected chi connectivity index (χ2v) is 8.40. The van der Waals surface area contributed by atoms with Crippen molar-refractivity contribution in [2.75, 3.05) is 6.61 Å². The van der Waals surface area contributed by atoms with E-state index in [9.17, 15) is 13.6 Å². The topological polar surface area (TPSA) is 90.6 Å². The summed E-state index contributed by atoms with van der Waals surface area (Å²) in [4.78, 5) is 25.4. The molecule has 188 valence electrons. The van der Waals surface area contributed by atoms with Gasteiger partial charge < -0.3 is 14.8 Å². The summed E-state index contributed by atoms with van der Waals surface area (Å²) in [5, 5.41) is 2.63. The molecule has 0 aliphatic carbocycles. The van der Waals surface area contributed by atoms with Crippen LogP contribution in [0.1, 0.15) is 6.42 Å². The molecule has 0 radical (unpaired) electrons. The van der Waals surface area contributed by atoms with Crippen molar-refractivity contribution in [3.63, 3.8) is 0 Å². The summed E-state index contributed by atoms with van der Waals surface area (Å²) >= 11 is 6.38. The van der Waals surface area contributed by atoms with E-state index < -0.39 is 18.2 Å². The number of hydrogen-bond acceptors (Lipinski definition) is 6. The van der Waals surface area contributed by atoms with E-state index in [1.54, 1.807) is 41.1 Å². The molecule has 0 spiro atoms. The number of aliphatic imine (C=N–C) groups is 1. The van der Waals surface area contributed by atoms with E-state index >= 15 is 0 Å². The SMILES string of the molecule is O=C(NC1CC=CC(COc2nc3ccccc3n2-c2ncccc2Cl)=N1)C(F)(F)Oc1ccccc1. The first-order valence-corrected chi connectivity index (χ1v) is 11.7. The van der Waals surface area contributed by atoms with Gasteiger partial charge in [0.15, 0.2) is 5.82 Å². The van der Waals surface area contributed by atoms with E-state index in [1.165, 1.54) is 24.3 Å². The fourth-order valence-electron chi connectivity index (χ4n) is 3.71. The monoisotopic (exact) mass is 523 g/mol. The predicted octanol–water partition coefficient (Wildman–Crippen LogP) is 4.97. The fraction of sp³-hybridized carbons (Fsp3) is 0.154. The molecule has 0 saturated heterocycles. The number of rotatable bonds is 8. The van der Waals surface area contributed by atoms with Crippen LogP contribution in [0.15, 0.2) is 90.1 Å². The first kappa shape index (κ1) is 24.4. The molecular weight excluding hydrogens is 504 g/mol. The lowest BCUT2D eigenvalue weighted by atomic mass is 10.2. The van der Waals surface area contributed by atoms with Gasteiger partial charge >= 0.3 is 18.0 Å². The Kier molecular flexibility index (Phi) is 6.82. The minimum atomic E-state index is -4.07. The molecule has 1 aliphatic rings. The molecule has 1 unspecified atom stereocenters. The van der Waals surface area contributed by atoms with Crippen molar-refractivity contribution in [2.24, 2.45) is 4.99 Å². The summed E-state index contributed by atoms with van der Waals surface area (Å²) in [7, 11) is 0. The van der Waals surface area contributed by atoms with Gasteiger partial charge in [0.25, 0.3) is 0 Å². The molecule has 0 bridgehead atoms. The quantitative estimate of drug-likeness (QED) is 0.352. The zero-order chi connectivity index (χ0) is 25.8. The number of alkyl halides is 2. The molecule has 1 amide bonds. The maximum Gasteiger partial charge on any atom is 0.482 e. The number of nitrogens with one attached hydrogen (secondary N) is 1. The van der Waals surface area contributed by atoms with Gasteiger partial charge in [-0.3, -0.25) is 9.79 Å². The van der Waals surface area contributed by atoms with Crippen LogP contribution in [0.3, 0.4) is 0 Å². The van der Waals surface area contributed by atoms with Gasteiger partial charge in [-0.2, -0.15) is 13.8 Å². The van der Waals surface area contributed by atoms with Crippen LogP contribution in [0.4, 0.5) is 8.78 Å². The first-order valence-electron chi connectivity index (χ1n) is 11.3. The Morgan fingerprint density at radius 2 is 1.89 bits per heavy atom. The van der Waals surface area contributed by atoms with Crippen LogP contribution in [0.2, 0.25) is 5.02 Å². The molecule has 5 rings (SSSR count). The maximum atomic E-state index is 14.3. The van der Waals surface area contributed by atoms with Gasteiger partial charge in [-0.1, -0.05) is 48.0 Å². The van der Waals surface area contributed by atoms with E-state index in [2.05, 4.69) is 25.0 Å². The molecule has 1 N–H and O–H groups in total. The van der Waals surface area contributed by atoms with Crippen molar-refractivity contribution in [1.29, 1.82) is 0 Å². The summed E-state index contributed by atoms with van der Waals surface area (Å²) in [6, 6.07) is 18.4. The van der Waals surface area contributed by atoms with E-state index in [-0.39, 0.29) is 24.8 Å². The second kappa shape index (κ2) is 10.4. The summed E-state index contributed by atoms with van der Waals surface area (Å²) in [6.07, 6.45) is 0.275. The number of nitrogens with zero attached hydrogens (tertiary/aromatic N) is 4. The fourth-order valence-corrected chi connectivity index (χ4v) is 3.92. The third-order valence-electron chi connectivity index (χ3n) is 5.37. The molecule has 1 atom stereocenters. The molecule has 0 saturated carbocycles. The normalized spacial score (nSPS) is 15.3. The number of para-hydroxylation sites is 3. The average Bonchev–Trinajstić information content (AvgIpc) is 3.26. The van der Waals surface area contributed by atoms with Crippen LogP contribution >= 0.6 is 11.6 Å². The van der Waals surface area contributed by atoms with Crippen LogP contribution in [0.5, 0.6) is 11.8 Å². The predicted molar refractivity (Wildman–Crippen MR) is 135 cm³/mol. The second-order valence-electron chi connectivity index (χ2n) is 8.00. The van der Waals surface area contributed by atoms with E-state index in [1.807, 2.05) is 24.3 Å². The highest BCUT2D eigenvalue weighted by atomic mass is 35.5. The third kappa shape index (κ3) is 5.44. The Hall–Kier alpha value is -4.31. The highest BCUT2D eigenvalue weighted by Gasteiger charge is 2.43. The molecule has 3 heterocycles. The number of fused-ring (bicyclic) bond motifs is 1. The number of carbonyl (C=O) groups excluding carboxylic acids is 1. The van der Waals surface area contributed by atoms with Gasteiger partial charge in [0.05, 0.1) is 21.8 Å². The van der Waals surface area contributed by atoms with Crippen LogP contribution in [0, 0.1) is 0 Å². The molecule has 8 nitrogen and oxygen atoms in total. The number of dihydropyridines is 1. The number of amides is 1. The first-order chi connectivity index (χ1) is 17.9. The van der Waals surface area contributed by atoms with Gasteiger partial charge in [0.2, 0.25) is 0 Å². The Morgan fingerprint density at radius 1 is 1.11 bits per heavy atom. The molecule has 2 aromatic carbocycles. The molecule has 4 aromatic rings. The van der Waals surface area contributed by atoms with Crippen molar-refractivity contribution in [2.45, 2.75) is 18.7 Å². The van der Waals surface area contributed by atoms with E-state index in [0.717, 1.165) is 5.52 Å². The molecule has 0 fully saturated rings. The molecule has 37 heavy (non-hydrogen) atoms. The number of hydrogen-bond donors (Lipinski definition) is 1. The Bertz CT molecular complexity index is 1490. The van der Waals surface area contributed by atoms with Gasteiger partial charge in [0.1, 0.15) is 18.5 Å². The number of pyridine rings is 1. The van der Waals surface area contributed by atoms with Crippen molar-refractivity contribution < 1.29 is 23.0 Å². The molecular formula is C26H20ClF2N5O3. The number of ether oxygens (including phenoxy) is 2. The van der Waals surface area contributed by atoms with E-state index in [4.69, 9.17) is 16.3 Å². The van der Waals surface area contributed by atoms with Gasteiger partial charge in [0, 0.05) is 12.6 Å². The van der Waals surface area contributed by atoms with Gasteiger partial charge in [-0.25, -0.2) is 9.55 Å². The number of carbonyl (C=O) groups is 1. The summed E-state index contributed by atoms with van der Waals surface area (Å²) in [6.45, 7) is -0.0342. The van der Waals surface area contributed by atoms with Gasteiger partial charge in [-0.05, 0) is 42.5 Å². The molecule has 1 aliphatic heterocycles. The largest absolute Gasteiger partial charge is 0.482 e. The number of aromatic nitrogens is 3. The smallest absolute Gasteiger partial charge is 0.458 e. The lowest BCUT2D eigenvalue weighted by Gasteiger charge is -2.22. The van der Waals surface area contributed by atoms with Crippen LogP contribution < -0.4 is 14.8 Å². The summed E-state index contributed by atoms with van der Waals surface area (Å²) in [5.41, 5.74) is 1.84. The lowest BCUT2D eigenvalue weighted by Crippen LogP contribution is -2.48. The minimum absolute atomic E-state index is 0.0342. The van der Waals surface area contributed by atoms with Crippen molar-refractivity contribution in [3.8, 4) is 17.6 Å². The third-order valence-corrected chi connectivity index (χ3v) is 5.67. The summed E-state index contributed by atoms with van der Waals surface area (Å²) < 4.78 is 40.8. The lowest BCUT2D eigenvalue weighted by molar-refractivity contribution is -0.193. The van der Waals surface area contributed by atoms with Crippen molar-refractivity contribution in [3.05, 3.63) is 90.1 Å². The molecule has 2 aromatic heterocycles. The van der Waals surface area contributed by atoms with Crippen LogP contribution in [-0.2, 0) is 4.79 Å². The number of imidazole rings is 1. The highest BCUT2D eigenvalue weighted by molar-refractivity contribution is 6.32. The summed E-state index contributed by atoms with van der Waals surface area (Å²) in [5.74, 6) is -1.27. The zero-order valence-electron chi connectivity index (χ0n) is 19.2. The Morgan fingerprint density at radius 3 is 2.70 bits per heavy atom. The van der Waals surface area contributed by atoms with E-state index in [0.29, 0.717) is 22.1 Å². The van der Waals surface area contributed by atoms with Gasteiger partial charge in [-0.15, -0.1) is 0 Å². The Balaban J connectivity index is 1.30. The van der Waals surface area contributed by atoms with Crippen LogP contribution in [-0.4, -0.2) is 45.0 Å². The number of halogens is 3. The van der Waals surface area contributed by atoms with Crippen molar-refractivity contribution in [1.82, 2.24) is 19.9 Å². The highest BCUT2D eigenvalue weighted by Crippen LogP contribution is 2.29. The average molecular weight is 524 g/mol. The standard InChI is InChI=1S/C26H20ClF2N5O3/c27-19-11-7-15-30-23(19)34-21-13-5-4-12-20(21)32-25(34)36-16-17-8-6-14-22(31-17)33-24(35)26(28,29)37-18-9-2-1-3-10-18/h1-13,15,22H,14,16H2,(H,33,35). The minimum Gasteiger partial charge on any atom is -0.458 e. The maximum absolute atomic E-state index is 14.3. The van der Waals surface area contributed by atoms with Crippen molar-refractivity contribution >= 4 is 34.3 Å². The molecule has 11 heteroatoms. The van der Waals surface area contributed by atoms with Crippen LogP contribution in [0.25, 0.3) is 16.9 Å².